The number of carbonyl (C=O) groups is 1. The molecule has 30 heavy (non-hydrogen) atoms. The molecule has 2 saturated heterocycles. The summed E-state index contributed by atoms with van der Waals surface area (Å²) >= 11 is 0. The molecule has 0 saturated carbocycles. The van der Waals surface area contributed by atoms with Crippen LogP contribution in [-0.2, 0) is 0 Å². The maximum absolute atomic E-state index is 12.6. The number of piperidine rings is 1. The van der Waals surface area contributed by atoms with Gasteiger partial charge in [0.2, 0.25) is 0 Å². The van der Waals surface area contributed by atoms with Gasteiger partial charge in [-0.05, 0) is 62.9 Å². The zero-order chi connectivity index (χ0) is 20.8. The second kappa shape index (κ2) is 9.98. The van der Waals surface area contributed by atoms with Crippen molar-refractivity contribution in [3.8, 4) is 11.5 Å². The molecule has 0 bridgehead atoms. The van der Waals surface area contributed by atoms with Gasteiger partial charge in [0.15, 0.2) is 0 Å². The molecule has 5 nitrogen and oxygen atoms in total. The zero-order valence-corrected chi connectivity index (χ0v) is 17.8. The number of amides is 1. The summed E-state index contributed by atoms with van der Waals surface area (Å²) in [6, 6.07) is 18.0. The molecule has 160 valence electrons. The molecule has 2 heterocycles. The van der Waals surface area contributed by atoms with Crippen LogP contribution in [-0.4, -0.2) is 60.6 Å². The molecule has 5 heteroatoms. The summed E-state index contributed by atoms with van der Waals surface area (Å²) in [5.41, 5.74) is 0.735. The van der Waals surface area contributed by atoms with Crippen molar-refractivity contribution in [3.05, 3.63) is 60.2 Å². The summed E-state index contributed by atoms with van der Waals surface area (Å²) in [6.07, 6.45) is 4.38. The maximum Gasteiger partial charge on any atom is 0.253 e. The topological polar surface area (TPSA) is 42.0 Å². The lowest BCUT2D eigenvalue weighted by Crippen LogP contribution is -2.45. The van der Waals surface area contributed by atoms with Gasteiger partial charge in [-0.3, -0.25) is 9.69 Å². The summed E-state index contributed by atoms with van der Waals surface area (Å²) < 4.78 is 12.1. The van der Waals surface area contributed by atoms with Gasteiger partial charge in [-0.15, -0.1) is 0 Å². The Hall–Kier alpha value is -2.53. The van der Waals surface area contributed by atoms with Gasteiger partial charge < -0.3 is 14.4 Å². The van der Waals surface area contributed by atoms with Crippen LogP contribution in [0.5, 0.6) is 11.5 Å². The number of hydrogen-bond donors (Lipinski definition) is 0. The summed E-state index contributed by atoms with van der Waals surface area (Å²) in [5, 5.41) is 0. The second-order valence-corrected chi connectivity index (χ2v) is 8.35. The highest BCUT2D eigenvalue weighted by Gasteiger charge is 2.25. The Bertz CT molecular complexity index is 812. The van der Waals surface area contributed by atoms with Crippen LogP contribution in [0.2, 0.25) is 0 Å². The fourth-order valence-electron chi connectivity index (χ4n) is 4.27. The van der Waals surface area contributed by atoms with E-state index >= 15 is 0 Å². The normalized spacial score (nSPS) is 18.9. The van der Waals surface area contributed by atoms with E-state index in [0.29, 0.717) is 12.6 Å². The maximum atomic E-state index is 12.6. The summed E-state index contributed by atoms with van der Waals surface area (Å²) in [4.78, 5) is 17.0. The lowest BCUT2D eigenvalue weighted by molar-refractivity contribution is 0.0634. The lowest BCUT2D eigenvalue weighted by atomic mass is 10.1. The Balaban J connectivity index is 1.24. The van der Waals surface area contributed by atoms with Crippen LogP contribution < -0.4 is 9.47 Å². The van der Waals surface area contributed by atoms with Gasteiger partial charge in [0.25, 0.3) is 5.91 Å². The van der Waals surface area contributed by atoms with Gasteiger partial charge >= 0.3 is 0 Å². The predicted molar refractivity (Wildman–Crippen MR) is 118 cm³/mol. The molecule has 0 spiro atoms. The van der Waals surface area contributed by atoms with Gasteiger partial charge in [-0.1, -0.05) is 24.3 Å². The molecule has 2 aliphatic heterocycles. The van der Waals surface area contributed by atoms with E-state index in [1.165, 1.54) is 0 Å². The Morgan fingerprint density at radius 2 is 1.67 bits per heavy atom. The number of hydrogen-bond acceptors (Lipinski definition) is 4. The molecule has 0 aliphatic carbocycles. The van der Waals surface area contributed by atoms with Crippen LogP contribution in [0.1, 0.15) is 43.0 Å². The molecular formula is C25H32N2O3. The predicted octanol–water partition coefficient (Wildman–Crippen LogP) is 4.23. The van der Waals surface area contributed by atoms with E-state index in [-0.39, 0.29) is 12.0 Å². The van der Waals surface area contributed by atoms with Gasteiger partial charge in [0, 0.05) is 37.8 Å². The van der Waals surface area contributed by atoms with E-state index in [1.807, 2.05) is 59.5 Å². The number of nitrogens with zero attached hydrogens (tertiary/aromatic N) is 2. The quantitative estimate of drug-likeness (QED) is 0.687. The number of likely N-dealkylation sites (tertiary alicyclic amines) is 2. The summed E-state index contributed by atoms with van der Waals surface area (Å²) in [7, 11) is 0. The molecule has 0 N–H and O–H groups in total. The van der Waals surface area contributed by atoms with E-state index in [1.54, 1.807) is 0 Å². The smallest absolute Gasteiger partial charge is 0.253 e. The third-order valence-electron chi connectivity index (χ3n) is 6.11. The number of para-hydroxylation sites is 1. The molecule has 2 aliphatic rings. The van der Waals surface area contributed by atoms with Crippen molar-refractivity contribution in [1.29, 1.82) is 0 Å². The number of benzene rings is 2. The van der Waals surface area contributed by atoms with E-state index in [2.05, 4.69) is 11.8 Å². The van der Waals surface area contributed by atoms with Crippen LogP contribution in [0, 0.1) is 0 Å². The summed E-state index contributed by atoms with van der Waals surface area (Å²) in [6.45, 7) is 6.64. The van der Waals surface area contributed by atoms with Gasteiger partial charge in [0.1, 0.15) is 24.2 Å². The average molecular weight is 409 g/mol. The van der Waals surface area contributed by atoms with Gasteiger partial charge in [0.05, 0.1) is 0 Å². The molecule has 0 unspecified atom stereocenters. The Labute approximate surface area is 179 Å². The van der Waals surface area contributed by atoms with Crippen LogP contribution >= 0.6 is 0 Å². The zero-order valence-electron chi connectivity index (χ0n) is 17.8. The van der Waals surface area contributed by atoms with E-state index < -0.39 is 0 Å². The first-order valence-electron chi connectivity index (χ1n) is 11.2. The monoisotopic (exact) mass is 408 g/mol. The molecule has 0 radical (unpaired) electrons. The van der Waals surface area contributed by atoms with Gasteiger partial charge in [-0.2, -0.15) is 0 Å². The minimum Gasteiger partial charge on any atom is -0.492 e. The minimum absolute atomic E-state index is 0.125. The Morgan fingerprint density at radius 1 is 0.967 bits per heavy atom. The van der Waals surface area contributed by atoms with E-state index in [0.717, 1.165) is 68.9 Å². The van der Waals surface area contributed by atoms with Crippen LogP contribution in [0.25, 0.3) is 0 Å². The fraction of sp³-hybridized carbons (Fsp3) is 0.480. The van der Waals surface area contributed by atoms with Crippen LogP contribution in [0.3, 0.4) is 0 Å². The molecule has 0 aromatic heterocycles. The van der Waals surface area contributed by atoms with Crippen molar-refractivity contribution in [2.75, 3.05) is 32.8 Å². The Kier molecular flexibility index (Phi) is 6.90. The lowest BCUT2D eigenvalue weighted by Gasteiger charge is -2.36. The molecule has 4 rings (SSSR count). The van der Waals surface area contributed by atoms with Crippen molar-refractivity contribution in [2.24, 2.45) is 0 Å². The van der Waals surface area contributed by atoms with E-state index in [9.17, 15) is 4.79 Å². The van der Waals surface area contributed by atoms with Crippen molar-refractivity contribution < 1.29 is 14.3 Å². The highest BCUT2D eigenvalue weighted by molar-refractivity contribution is 5.94. The molecule has 2 fully saturated rings. The average Bonchev–Trinajstić information content (AvgIpc) is 3.33. The van der Waals surface area contributed by atoms with Crippen molar-refractivity contribution in [1.82, 2.24) is 9.80 Å². The Morgan fingerprint density at radius 3 is 2.40 bits per heavy atom. The fourth-order valence-corrected chi connectivity index (χ4v) is 4.27. The highest BCUT2D eigenvalue weighted by atomic mass is 16.5. The summed E-state index contributed by atoms with van der Waals surface area (Å²) in [5.74, 6) is 1.85. The van der Waals surface area contributed by atoms with Crippen molar-refractivity contribution >= 4 is 5.91 Å². The molecule has 1 atom stereocenters. The SMILES string of the molecule is C[C@@H](COc1ccccc1)N1CCC(Oc2cccc(C(=O)N3CCCC3)c2)CC1. The largest absolute Gasteiger partial charge is 0.492 e. The number of carbonyl (C=O) groups excluding carboxylic acids is 1. The van der Waals surface area contributed by atoms with Crippen molar-refractivity contribution in [2.45, 2.75) is 44.8 Å². The molecule has 2 aromatic carbocycles. The first-order chi connectivity index (χ1) is 14.7. The third kappa shape index (κ3) is 5.33. The third-order valence-corrected chi connectivity index (χ3v) is 6.11. The second-order valence-electron chi connectivity index (χ2n) is 8.35. The number of ether oxygens (including phenoxy) is 2. The van der Waals surface area contributed by atoms with Crippen molar-refractivity contribution in [3.63, 3.8) is 0 Å². The number of rotatable bonds is 7. The standard InChI is InChI=1S/C25H32N2O3/c1-20(19-29-22-9-3-2-4-10-22)26-16-12-23(13-17-26)30-24-11-7-8-21(18-24)25(28)27-14-5-6-15-27/h2-4,7-11,18,20,23H,5-6,12-17,19H2,1H3/t20-/m0/s1. The molecule has 1 amide bonds. The van der Waals surface area contributed by atoms with Gasteiger partial charge in [-0.25, -0.2) is 0 Å². The first-order valence-corrected chi connectivity index (χ1v) is 11.2. The highest BCUT2D eigenvalue weighted by Crippen LogP contribution is 2.23. The minimum atomic E-state index is 0.125. The van der Waals surface area contributed by atoms with E-state index in [4.69, 9.17) is 9.47 Å². The van der Waals surface area contributed by atoms with Crippen LogP contribution in [0.15, 0.2) is 54.6 Å². The molecular weight excluding hydrogens is 376 g/mol. The first kappa shape index (κ1) is 20.7. The molecule has 2 aromatic rings. The van der Waals surface area contributed by atoms with Crippen LogP contribution in [0.4, 0.5) is 0 Å².